The lowest BCUT2D eigenvalue weighted by Gasteiger charge is -2.26. The van der Waals surface area contributed by atoms with Crippen LogP contribution in [0.2, 0.25) is 0 Å². The van der Waals surface area contributed by atoms with Crippen molar-refractivity contribution in [1.82, 2.24) is 0 Å². The predicted molar refractivity (Wildman–Crippen MR) is 53.9 cm³/mol. The molecule has 1 heteroatoms. The Morgan fingerprint density at radius 1 is 1.50 bits per heavy atom. The van der Waals surface area contributed by atoms with Crippen molar-refractivity contribution in [2.45, 2.75) is 53.0 Å². The summed E-state index contributed by atoms with van der Waals surface area (Å²) >= 11 is 0. The summed E-state index contributed by atoms with van der Waals surface area (Å²) in [5.74, 6) is 1.65. The van der Waals surface area contributed by atoms with Crippen LogP contribution in [0.1, 0.15) is 47.0 Å². The normalized spacial score (nSPS) is 39.2. The lowest BCUT2D eigenvalue weighted by molar-refractivity contribution is 0.272. The van der Waals surface area contributed by atoms with Crippen LogP contribution in [0.25, 0.3) is 0 Å². The second-order valence-electron chi connectivity index (χ2n) is 4.68. The van der Waals surface area contributed by atoms with Crippen molar-refractivity contribution in [3.63, 3.8) is 0 Å². The molecule has 4 unspecified atom stereocenters. The molecule has 0 aliphatic heterocycles. The van der Waals surface area contributed by atoms with Gasteiger partial charge >= 0.3 is 0 Å². The van der Waals surface area contributed by atoms with Gasteiger partial charge in [-0.15, -0.1) is 0 Å². The number of hydrogen-bond acceptors (Lipinski definition) is 1. The van der Waals surface area contributed by atoms with Gasteiger partial charge in [-0.1, -0.05) is 34.1 Å². The van der Waals surface area contributed by atoms with E-state index in [4.69, 9.17) is 5.73 Å². The molecule has 1 aliphatic rings. The van der Waals surface area contributed by atoms with E-state index in [1.54, 1.807) is 0 Å². The van der Waals surface area contributed by atoms with E-state index in [1.165, 1.54) is 12.8 Å². The smallest absolute Gasteiger partial charge is 0.00672 e. The van der Waals surface area contributed by atoms with E-state index in [2.05, 4.69) is 27.7 Å². The lowest BCUT2D eigenvalue weighted by atomic mass is 9.83. The van der Waals surface area contributed by atoms with Gasteiger partial charge in [0.1, 0.15) is 0 Å². The molecule has 0 bridgehead atoms. The lowest BCUT2D eigenvalue weighted by Crippen LogP contribution is -2.33. The van der Waals surface area contributed by atoms with Crippen molar-refractivity contribution in [3.8, 4) is 0 Å². The highest BCUT2D eigenvalue weighted by Gasteiger charge is 2.53. The molecule has 0 aromatic heterocycles. The highest BCUT2D eigenvalue weighted by molar-refractivity contribution is 5.03. The van der Waals surface area contributed by atoms with Crippen LogP contribution in [0.4, 0.5) is 0 Å². The third-order valence-electron chi connectivity index (χ3n) is 4.11. The second-order valence-corrected chi connectivity index (χ2v) is 4.68. The van der Waals surface area contributed by atoms with E-state index in [-0.39, 0.29) is 0 Å². The minimum atomic E-state index is 0.409. The van der Waals surface area contributed by atoms with E-state index in [0.29, 0.717) is 17.4 Å². The Morgan fingerprint density at radius 3 is 2.42 bits per heavy atom. The van der Waals surface area contributed by atoms with E-state index in [0.717, 1.165) is 12.3 Å². The van der Waals surface area contributed by atoms with Gasteiger partial charge in [0, 0.05) is 6.04 Å². The van der Waals surface area contributed by atoms with Crippen LogP contribution in [-0.2, 0) is 0 Å². The summed E-state index contributed by atoms with van der Waals surface area (Å²) in [6.45, 7) is 9.21. The maximum atomic E-state index is 6.06. The SMILES string of the molecule is CCC(N)C(C)C1(C)CC1CC. The van der Waals surface area contributed by atoms with Crippen LogP contribution in [0, 0.1) is 17.3 Å². The molecule has 1 rings (SSSR count). The summed E-state index contributed by atoms with van der Waals surface area (Å²) in [7, 11) is 0. The van der Waals surface area contributed by atoms with E-state index >= 15 is 0 Å². The molecule has 1 saturated carbocycles. The molecule has 0 heterocycles. The number of nitrogens with two attached hydrogens (primary N) is 1. The van der Waals surface area contributed by atoms with Crippen molar-refractivity contribution in [2.75, 3.05) is 0 Å². The van der Waals surface area contributed by atoms with E-state index in [9.17, 15) is 0 Å². The van der Waals surface area contributed by atoms with Crippen LogP contribution in [0.5, 0.6) is 0 Å². The van der Waals surface area contributed by atoms with Crippen molar-refractivity contribution in [3.05, 3.63) is 0 Å². The first kappa shape index (κ1) is 10.0. The molecule has 0 saturated heterocycles. The first-order chi connectivity index (χ1) is 5.56. The molecule has 0 radical (unpaired) electrons. The summed E-state index contributed by atoms with van der Waals surface area (Å²) in [6.07, 6.45) is 3.85. The fraction of sp³-hybridized carbons (Fsp3) is 1.00. The summed E-state index contributed by atoms with van der Waals surface area (Å²) in [5.41, 5.74) is 6.63. The van der Waals surface area contributed by atoms with Crippen LogP contribution < -0.4 is 5.73 Å². The highest BCUT2D eigenvalue weighted by Crippen LogP contribution is 2.59. The minimum absolute atomic E-state index is 0.409. The van der Waals surface area contributed by atoms with Gasteiger partial charge in [-0.3, -0.25) is 0 Å². The Kier molecular flexibility index (Phi) is 2.82. The quantitative estimate of drug-likeness (QED) is 0.688. The van der Waals surface area contributed by atoms with Gasteiger partial charge in [-0.05, 0) is 30.1 Å². The Morgan fingerprint density at radius 2 is 2.08 bits per heavy atom. The van der Waals surface area contributed by atoms with Crippen LogP contribution >= 0.6 is 0 Å². The minimum Gasteiger partial charge on any atom is -0.327 e. The Labute approximate surface area is 76.7 Å². The topological polar surface area (TPSA) is 26.0 Å². The van der Waals surface area contributed by atoms with Crippen molar-refractivity contribution in [2.24, 2.45) is 23.0 Å². The monoisotopic (exact) mass is 169 g/mol. The van der Waals surface area contributed by atoms with Crippen LogP contribution in [0.3, 0.4) is 0 Å². The molecule has 0 spiro atoms. The van der Waals surface area contributed by atoms with Crippen LogP contribution in [0.15, 0.2) is 0 Å². The summed E-state index contributed by atoms with van der Waals surface area (Å²) in [5, 5.41) is 0. The second kappa shape index (κ2) is 3.37. The van der Waals surface area contributed by atoms with Gasteiger partial charge < -0.3 is 5.73 Å². The number of rotatable bonds is 4. The van der Waals surface area contributed by atoms with Gasteiger partial charge in [0.2, 0.25) is 0 Å². The average molecular weight is 169 g/mol. The van der Waals surface area contributed by atoms with Gasteiger partial charge in [0.15, 0.2) is 0 Å². The Hall–Kier alpha value is -0.0400. The van der Waals surface area contributed by atoms with Crippen molar-refractivity contribution < 1.29 is 0 Å². The molecule has 2 N–H and O–H groups in total. The fourth-order valence-electron chi connectivity index (χ4n) is 2.48. The summed E-state index contributed by atoms with van der Waals surface area (Å²) in [6, 6.07) is 0.409. The fourth-order valence-corrected chi connectivity index (χ4v) is 2.48. The van der Waals surface area contributed by atoms with E-state index in [1.807, 2.05) is 0 Å². The van der Waals surface area contributed by atoms with E-state index < -0.39 is 0 Å². The zero-order valence-corrected chi connectivity index (χ0v) is 8.93. The standard InChI is InChI=1S/C11H23N/c1-5-9-7-11(9,4)8(3)10(12)6-2/h8-10H,5-7,12H2,1-4H3. The predicted octanol–water partition coefficient (Wildman–Crippen LogP) is 2.80. The molecule has 1 aliphatic carbocycles. The van der Waals surface area contributed by atoms with Crippen molar-refractivity contribution in [1.29, 1.82) is 0 Å². The molecule has 0 amide bonds. The Bertz CT molecular complexity index is 155. The molecular formula is C11H23N. The molecular weight excluding hydrogens is 146 g/mol. The first-order valence-electron chi connectivity index (χ1n) is 5.31. The first-order valence-corrected chi connectivity index (χ1v) is 5.31. The molecule has 4 atom stereocenters. The molecule has 0 aromatic carbocycles. The molecule has 0 aromatic rings. The maximum absolute atomic E-state index is 6.06. The summed E-state index contributed by atoms with van der Waals surface area (Å²) in [4.78, 5) is 0. The Balaban J connectivity index is 2.48. The van der Waals surface area contributed by atoms with Crippen molar-refractivity contribution >= 4 is 0 Å². The third-order valence-corrected chi connectivity index (χ3v) is 4.11. The third kappa shape index (κ3) is 1.52. The zero-order chi connectivity index (χ0) is 9.35. The van der Waals surface area contributed by atoms with Gasteiger partial charge in [-0.25, -0.2) is 0 Å². The van der Waals surface area contributed by atoms with Gasteiger partial charge in [-0.2, -0.15) is 0 Å². The zero-order valence-electron chi connectivity index (χ0n) is 8.93. The number of hydrogen-bond donors (Lipinski definition) is 1. The molecule has 72 valence electrons. The maximum Gasteiger partial charge on any atom is 0.00672 e. The molecule has 1 fully saturated rings. The van der Waals surface area contributed by atoms with Crippen LogP contribution in [-0.4, -0.2) is 6.04 Å². The largest absolute Gasteiger partial charge is 0.327 e. The summed E-state index contributed by atoms with van der Waals surface area (Å²) < 4.78 is 0. The van der Waals surface area contributed by atoms with Gasteiger partial charge in [0.25, 0.3) is 0 Å². The highest BCUT2D eigenvalue weighted by atomic mass is 14.7. The molecule has 1 nitrogen and oxygen atoms in total. The molecule has 12 heavy (non-hydrogen) atoms. The van der Waals surface area contributed by atoms with Gasteiger partial charge in [0.05, 0.1) is 0 Å². The average Bonchev–Trinajstić information content (AvgIpc) is 2.76.